The molecule has 1 unspecified atom stereocenters. The van der Waals surface area contributed by atoms with Crippen LogP contribution in [0.5, 0.6) is 0 Å². The van der Waals surface area contributed by atoms with E-state index in [1.54, 1.807) is 0 Å². The Morgan fingerprint density at radius 3 is 2.60 bits per heavy atom. The molecule has 0 N–H and O–H groups in total. The Balaban J connectivity index is 2.02. The highest BCUT2D eigenvalue weighted by Gasteiger charge is 2.42. The minimum atomic E-state index is -2.83. The van der Waals surface area contributed by atoms with Gasteiger partial charge >= 0.3 is 0 Å². The standard InChI is InChI=1S/C9H15BrO4S/c10-5-8-6-13-7-9(14-8)1-3-15(11,12)4-2-9/h8H,1-7H2. The number of ether oxygens (including phenoxy) is 2. The Kier molecular flexibility index (Phi) is 3.40. The van der Waals surface area contributed by atoms with E-state index in [1.165, 1.54) is 0 Å². The molecule has 2 aliphatic heterocycles. The monoisotopic (exact) mass is 298 g/mol. The molecule has 2 fully saturated rings. The molecule has 0 bridgehead atoms. The molecule has 0 aliphatic carbocycles. The molecule has 1 atom stereocenters. The predicted octanol–water partition coefficient (Wildman–Crippen LogP) is 0.744. The zero-order chi connectivity index (χ0) is 10.9. The van der Waals surface area contributed by atoms with Gasteiger partial charge in [-0.3, -0.25) is 0 Å². The van der Waals surface area contributed by atoms with Gasteiger partial charge in [-0.25, -0.2) is 8.42 Å². The van der Waals surface area contributed by atoms with E-state index in [-0.39, 0.29) is 23.2 Å². The number of rotatable bonds is 1. The van der Waals surface area contributed by atoms with Crippen molar-refractivity contribution in [1.82, 2.24) is 0 Å². The van der Waals surface area contributed by atoms with Crippen molar-refractivity contribution in [3.63, 3.8) is 0 Å². The molecule has 2 aliphatic rings. The average molecular weight is 299 g/mol. The van der Waals surface area contributed by atoms with Crippen LogP contribution in [0.15, 0.2) is 0 Å². The maximum Gasteiger partial charge on any atom is 0.150 e. The maximum absolute atomic E-state index is 11.3. The van der Waals surface area contributed by atoms with Gasteiger partial charge < -0.3 is 9.47 Å². The van der Waals surface area contributed by atoms with Gasteiger partial charge in [0.05, 0.1) is 36.4 Å². The minimum absolute atomic E-state index is 0.0551. The maximum atomic E-state index is 11.3. The third kappa shape index (κ3) is 2.72. The van der Waals surface area contributed by atoms with Crippen LogP contribution >= 0.6 is 15.9 Å². The summed E-state index contributed by atoms with van der Waals surface area (Å²) in [7, 11) is -2.83. The van der Waals surface area contributed by atoms with Gasteiger partial charge in [-0.05, 0) is 12.8 Å². The molecule has 0 radical (unpaired) electrons. The van der Waals surface area contributed by atoms with Gasteiger partial charge in [0.2, 0.25) is 0 Å². The lowest BCUT2D eigenvalue weighted by Crippen LogP contribution is -2.52. The molecular formula is C9H15BrO4S. The third-order valence-corrected chi connectivity index (χ3v) is 5.37. The van der Waals surface area contributed by atoms with Crippen LogP contribution in [-0.2, 0) is 19.3 Å². The van der Waals surface area contributed by atoms with Crippen LogP contribution in [0, 0.1) is 0 Å². The van der Waals surface area contributed by atoms with Crippen molar-refractivity contribution >= 4 is 25.8 Å². The highest BCUT2D eigenvalue weighted by atomic mass is 79.9. The summed E-state index contributed by atoms with van der Waals surface area (Å²) >= 11 is 3.36. The van der Waals surface area contributed by atoms with E-state index >= 15 is 0 Å². The fraction of sp³-hybridized carbons (Fsp3) is 1.00. The van der Waals surface area contributed by atoms with Crippen LogP contribution in [0.1, 0.15) is 12.8 Å². The fourth-order valence-corrected chi connectivity index (χ4v) is 3.94. The van der Waals surface area contributed by atoms with E-state index in [4.69, 9.17) is 9.47 Å². The first kappa shape index (κ1) is 11.8. The summed E-state index contributed by atoms with van der Waals surface area (Å²) in [6, 6.07) is 0. The number of halogens is 1. The van der Waals surface area contributed by atoms with Crippen molar-refractivity contribution in [3.05, 3.63) is 0 Å². The first-order valence-electron chi connectivity index (χ1n) is 5.07. The lowest BCUT2D eigenvalue weighted by atomic mass is 9.96. The molecule has 0 amide bonds. The van der Waals surface area contributed by atoms with Crippen LogP contribution in [0.3, 0.4) is 0 Å². The quantitative estimate of drug-likeness (QED) is 0.670. The Bertz CT molecular complexity index is 313. The van der Waals surface area contributed by atoms with Crippen molar-refractivity contribution in [1.29, 1.82) is 0 Å². The molecule has 0 aromatic carbocycles. The van der Waals surface area contributed by atoms with E-state index in [1.807, 2.05) is 0 Å². The summed E-state index contributed by atoms with van der Waals surface area (Å²) < 4.78 is 34.0. The number of sulfone groups is 1. The van der Waals surface area contributed by atoms with E-state index in [0.717, 1.165) is 5.33 Å². The molecule has 0 aromatic heterocycles. The fourth-order valence-electron chi connectivity index (χ4n) is 2.05. The van der Waals surface area contributed by atoms with Crippen molar-refractivity contribution in [2.75, 3.05) is 30.0 Å². The van der Waals surface area contributed by atoms with Gasteiger partial charge in [-0.1, -0.05) is 15.9 Å². The topological polar surface area (TPSA) is 52.6 Å². The third-order valence-electron chi connectivity index (χ3n) is 2.99. The van der Waals surface area contributed by atoms with Gasteiger partial charge in [0, 0.05) is 5.33 Å². The molecule has 6 heteroatoms. The summed E-state index contributed by atoms with van der Waals surface area (Å²) in [5.74, 6) is 0.455. The number of hydrogen-bond acceptors (Lipinski definition) is 4. The molecule has 4 nitrogen and oxygen atoms in total. The first-order valence-corrected chi connectivity index (χ1v) is 8.02. The van der Waals surface area contributed by atoms with E-state index in [2.05, 4.69) is 15.9 Å². The number of hydrogen-bond donors (Lipinski definition) is 0. The van der Waals surface area contributed by atoms with Gasteiger partial charge in [-0.2, -0.15) is 0 Å². The molecule has 0 saturated carbocycles. The van der Waals surface area contributed by atoms with E-state index < -0.39 is 9.84 Å². The largest absolute Gasteiger partial charge is 0.376 e. The van der Waals surface area contributed by atoms with Crippen molar-refractivity contribution in [3.8, 4) is 0 Å². The lowest BCUT2D eigenvalue weighted by Gasteiger charge is -2.42. The van der Waals surface area contributed by atoms with Crippen molar-refractivity contribution in [2.24, 2.45) is 0 Å². The van der Waals surface area contributed by atoms with Crippen LogP contribution in [0.4, 0.5) is 0 Å². The normalized spacial score (nSPS) is 34.1. The Hall–Kier alpha value is 0.350. The SMILES string of the molecule is O=S1(=O)CCC2(CC1)COCC(CBr)O2. The second-order valence-corrected chi connectivity index (χ2v) is 7.20. The average Bonchev–Trinajstić information content (AvgIpc) is 2.24. The smallest absolute Gasteiger partial charge is 0.150 e. The predicted molar refractivity (Wildman–Crippen MR) is 60.1 cm³/mol. The second-order valence-electron chi connectivity index (χ2n) is 4.24. The van der Waals surface area contributed by atoms with Gasteiger partial charge in [-0.15, -0.1) is 0 Å². The minimum Gasteiger partial charge on any atom is -0.376 e. The van der Waals surface area contributed by atoms with Gasteiger partial charge in [0.25, 0.3) is 0 Å². The summed E-state index contributed by atoms with van der Waals surface area (Å²) in [6.45, 7) is 1.13. The molecule has 2 saturated heterocycles. The highest BCUT2D eigenvalue weighted by molar-refractivity contribution is 9.09. The van der Waals surface area contributed by atoms with E-state index in [0.29, 0.717) is 26.1 Å². The zero-order valence-electron chi connectivity index (χ0n) is 8.45. The first-order chi connectivity index (χ1) is 7.05. The van der Waals surface area contributed by atoms with Crippen LogP contribution in [0.2, 0.25) is 0 Å². The van der Waals surface area contributed by atoms with E-state index in [9.17, 15) is 8.42 Å². The summed E-state index contributed by atoms with van der Waals surface area (Å²) in [5, 5.41) is 0.738. The van der Waals surface area contributed by atoms with Gasteiger partial charge in [0.15, 0.2) is 9.84 Å². The Morgan fingerprint density at radius 1 is 1.33 bits per heavy atom. The molecule has 2 rings (SSSR count). The van der Waals surface area contributed by atoms with Gasteiger partial charge in [0.1, 0.15) is 0 Å². The summed E-state index contributed by atoms with van der Waals surface area (Å²) in [5.41, 5.74) is -0.345. The lowest BCUT2D eigenvalue weighted by molar-refractivity contribution is -0.193. The van der Waals surface area contributed by atoms with Crippen LogP contribution in [-0.4, -0.2) is 50.2 Å². The number of alkyl halides is 1. The Morgan fingerprint density at radius 2 is 2.00 bits per heavy atom. The molecular weight excluding hydrogens is 284 g/mol. The highest BCUT2D eigenvalue weighted by Crippen LogP contribution is 2.32. The Labute approximate surface area is 98.4 Å². The molecule has 2 heterocycles. The molecule has 15 heavy (non-hydrogen) atoms. The van der Waals surface area contributed by atoms with Crippen LogP contribution in [0.25, 0.3) is 0 Å². The summed E-state index contributed by atoms with van der Waals surface area (Å²) in [6.07, 6.45) is 1.19. The van der Waals surface area contributed by atoms with Crippen LogP contribution < -0.4 is 0 Å². The molecule has 0 aromatic rings. The second kappa shape index (κ2) is 4.31. The zero-order valence-corrected chi connectivity index (χ0v) is 10.8. The summed E-state index contributed by atoms with van der Waals surface area (Å²) in [4.78, 5) is 0. The van der Waals surface area contributed by atoms with Crippen molar-refractivity contribution < 1.29 is 17.9 Å². The van der Waals surface area contributed by atoms with Crippen molar-refractivity contribution in [2.45, 2.75) is 24.5 Å². The molecule has 1 spiro atoms. The molecule has 88 valence electrons.